The maximum Gasteiger partial charge on any atom is 0.282 e. The minimum atomic E-state index is -0.683. The van der Waals surface area contributed by atoms with Crippen LogP contribution >= 0.6 is 0 Å². The van der Waals surface area contributed by atoms with Crippen molar-refractivity contribution < 1.29 is 14.1 Å². The van der Waals surface area contributed by atoms with Crippen LogP contribution in [0, 0.1) is 21.3 Å². The molecule has 1 aromatic carbocycles. The molecule has 0 aromatic heterocycles. The standard InChI is InChI=1S/C15H20FN3O3/c1-15(2)6-3-7-17-13(15)9-18-14(20)11-8-10(16)4-5-12(11)19(21)22/h4-5,8,13,17H,3,6-7,9H2,1-2H3,(H,18,20). The van der Waals surface area contributed by atoms with Crippen LogP contribution in [0.15, 0.2) is 18.2 Å². The van der Waals surface area contributed by atoms with Crippen LogP contribution in [-0.4, -0.2) is 30.0 Å². The van der Waals surface area contributed by atoms with Gasteiger partial charge in [-0.15, -0.1) is 0 Å². The molecule has 1 aromatic rings. The van der Waals surface area contributed by atoms with Gasteiger partial charge in [0.1, 0.15) is 11.4 Å². The summed E-state index contributed by atoms with van der Waals surface area (Å²) in [6.45, 7) is 5.45. The van der Waals surface area contributed by atoms with E-state index in [9.17, 15) is 19.3 Å². The van der Waals surface area contributed by atoms with Crippen molar-refractivity contribution in [1.82, 2.24) is 10.6 Å². The Bertz CT molecular complexity index is 589. The van der Waals surface area contributed by atoms with E-state index in [1.54, 1.807) is 0 Å². The van der Waals surface area contributed by atoms with E-state index in [4.69, 9.17) is 0 Å². The first-order chi connectivity index (χ1) is 10.3. The number of rotatable bonds is 4. The van der Waals surface area contributed by atoms with Crippen molar-refractivity contribution in [2.75, 3.05) is 13.1 Å². The van der Waals surface area contributed by atoms with Crippen LogP contribution in [0.3, 0.4) is 0 Å². The van der Waals surface area contributed by atoms with Crippen LogP contribution in [0.5, 0.6) is 0 Å². The molecular weight excluding hydrogens is 289 g/mol. The molecule has 6 nitrogen and oxygen atoms in total. The topological polar surface area (TPSA) is 84.3 Å². The van der Waals surface area contributed by atoms with Crippen LogP contribution in [0.1, 0.15) is 37.0 Å². The number of nitrogens with zero attached hydrogens (tertiary/aromatic N) is 1. The van der Waals surface area contributed by atoms with Crippen molar-refractivity contribution in [3.8, 4) is 0 Å². The number of carbonyl (C=O) groups is 1. The highest BCUT2D eigenvalue weighted by molar-refractivity contribution is 5.98. The van der Waals surface area contributed by atoms with Crippen LogP contribution in [-0.2, 0) is 0 Å². The summed E-state index contributed by atoms with van der Waals surface area (Å²) in [6.07, 6.45) is 2.12. The minimum Gasteiger partial charge on any atom is -0.350 e. The first-order valence-corrected chi connectivity index (χ1v) is 7.27. The van der Waals surface area contributed by atoms with Gasteiger partial charge < -0.3 is 10.6 Å². The van der Waals surface area contributed by atoms with Gasteiger partial charge in [0.2, 0.25) is 0 Å². The predicted molar refractivity (Wildman–Crippen MR) is 80.2 cm³/mol. The zero-order valence-corrected chi connectivity index (χ0v) is 12.7. The van der Waals surface area contributed by atoms with Gasteiger partial charge in [-0.05, 0) is 36.9 Å². The minimum absolute atomic E-state index is 0.0272. The quantitative estimate of drug-likeness (QED) is 0.660. The molecule has 1 heterocycles. The van der Waals surface area contributed by atoms with Crippen molar-refractivity contribution in [3.05, 3.63) is 39.7 Å². The van der Waals surface area contributed by atoms with Crippen molar-refractivity contribution in [3.63, 3.8) is 0 Å². The Kier molecular flexibility index (Phi) is 4.75. The molecule has 0 spiro atoms. The number of halogens is 1. The summed E-state index contributed by atoms with van der Waals surface area (Å²) in [6, 6.07) is 2.96. The monoisotopic (exact) mass is 309 g/mol. The van der Waals surface area contributed by atoms with Crippen molar-refractivity contribution in [2.45, 2.75) is 32.7 Å². The first-order valence-electron chi connectivity index (χ1n) is 7.27. The van der Waals surface area contributed by atoms with Crippen molar-refractivity contribution in [2.24, 2.45) is 5.41 Å². The maximum atomic E-state index is 13.3. The summed E-state index contributed by atoms with van der Waals surface area (Å²) >= 11 is 0. The molecule has 120 valence electrons. The SMILES string of the molecule is CC1(C)CCCNC1CNC(=O)c1cc(F)ccc1[N+](=O)[O-]. The number of hydrogen-bond donors (Lipinski definition) is 2. The fourth-order valence-electron chi connectivity index (χ4n) is 2.76. The fraction of sp³-hybridized carbons (Fsp3) is 0.533. The van der Waals surface area contributed by atoms with Gasteiger partial charge in [-0.3, -0.25) is 14.9 Å². The third kappa shape index (κ3) is 3.59. The molecule has 1 aliphatic heterocycles. The Hall–Kier alpha value is -2.02. The Morgan fingerprint density at radius 2 is 2.27 bits per heavy atom. The average molecular weight is 309 g/mol. The molecule has 1 atom stereocenters. The zero-order valence-electron chi connectivity index (χ0n) is 12.7. The van der Waals surface area contributed by atoms with Gasteiger partial charge in [-0.25, -0.2) is 4.39 Å². The Balaban J connectivity index is 2.09. The number of benzene rings is 1. The predicted octanol–water partition coefficient (Wildman–Crippen LogP) is 2.24. The lowest BCUT2D eigenvalue weighted by atomic mass is 9.77. The van der Waals surface area contributed by atoms with E-state index in [0.717, 1.165) is 37.6 Å². The summed E-state index contributed by atoms with van der Waals surface area (Å²) in [7, 11) is 0. The Labute approximate surface area is 128 Å². The van der Waals surface area contributed by atoms with Crippen LogP contribution in [0.25, 0.3) is 0 Å². The van der Waals surface area contributed by atoms with E-state index >= 15 is 0 Å². The first kappa shape index (κ1) is 16.4. The summed E-state index contributed by atoms with van der Waals surface area (Å²) < 4.78 is 13.3. The van der Waals surface area contributed by atoms with Crippen LogP contribution in [0.4, 0.5) is 10.1 Å². The van der Waals surface area contributed by atoms with E-state index in [-0.39, 0.29) is 17.0 Å². The smallest absolute Gasteiger partial charge is 0.282 e. The number of piperidine rings is 1. The molecule has 0 aliphatic carbocycles. The van der Waals surface area contributed by atoms with Crippen molar-refractivity contribution >= 4 is 11.6 Å². The van der Waals surface area contributed by atoms with Gasteiger partial charge in [0, 0.05) is 18.7 Å². The summed E-state index contributed by atoms with van der Waals surface area (Å²) in [4.78, 5) is 22.4. The molecule has 2 rings (SSSR count). The highest BCUT2D eigenvalue weighted by atomic mass is 19.1. The molecule has 1 saturated heterocycles. The zero-order chi connectivity index (χ0) is 16.3. The second kappa shape index (κ2) is 6.39. The molecule has 1 fully saturated rings. The van der Waals surface area contributed by atoms with Crippen LogP contribution < -0.4 is 10.6 Å². The van der Waals surface area contributed by atoms with E-state index in [1.807, 2.05) is 0 Å². The van der Waals surface area contributed by atoms with Gasteiger partial charge in [0.25, 0.3) is 11.6 Å². The number of hydrogen-bond acceptors (Lipinski definition) is 4. The van der Waals surface area contributed by atoms with E-state index in [1.165, 1.54) is 0 Å². The molecule has 1 amide bonds. The number of nitro groups is 1. The van der Waals surface area contributed by atoms with E-state index in [0.29, 0.717) is 6.54 Å². The van der Waals surface area contributed by atoms with Crippen molar-refractivity contribution in [1.29, 1.82) is 0 Å². The van der Waals surface area contributed by atoms with Gasteiger partial charge in [0.05, 0.1) is 4.92 Å². The van der Waals surface area contributed by atoms with Gasteiger partial charge in [0.15, 0.2) is 0 Å². The van der Waals surface area contributed by atoms with Gasteiger partial charge in [-0.1, -0.05) is 13.8 Å². The van der Waals surface area contributed by atoms with Gasteiger partial charge >= 0.3 is 0 Å². The molecule has 1 aliphatic rings. The molecule has 7 heteroatoms. The second-order valence-electron chi connectivity index (χ2n) is 6.23. The average Bonchev–Trinajstić information content (AvgIpc) is 2.45. The van der Waals surface area contributed by atoms with E-state index in [2.05, 4.69) is 24.5 Å². The number of nitro benzene ring substituents is 1. The van der Waals surface area contributed by atoms with E-state index < -0.39 is 22.3 Å². The largest absolute Gasteiger partial charge is 0.350 e. The lowest BCUT2D eigenvalue weighted by Crippen LogP contribution is -2.52. The Morgan fingerprint density at radius 1 is 1.55 bits per heavy atom. The molecule has 1 unspecified atom stereocenters. The fourth-order valence-corrected chi connectivity index (χ4v) is 2.76. The molecular formula is C15H20FN3O3. The normalized spacial score (nSPS) is 20.4. The summed E-state index contributed by atoms with van der Waals surface area (Å²) in [5.41, 5.74) is -0.618. The number of amides is 1. The molecule has 2 N–H and O–H groups in total. The second-order valence-corrected chi connectivity index (χ2v) is 6.23. The highest BCUT2D eigenvalue weighted by Gasteiger charge is 2.32. The highest BCUT2D eigenvalue weighted by Crippen LogP contribution is 2.29. The van der Waals surface area contributed by atoms with Gasteiger partial charge in [-0.2, -0.15) is 0 Å². The summed E-state index contributed by atoms with van der Waals surface area (Å²) in [5.74, 6) is -1.30. The molecule has 0 radical (unpaired) electrons. The van der Waals surface area contributed by atoms with Crippen LogP contribution in [0.2, 0.25) is 0 Å². The third-order valence-corrected chi connectivity index (χ3v) is 4.20. The third-order valence-electron chi connectivity index (χ3n) is 4.20. The number of nitrogens with one attached hydrogen (secondary N) is 2. The molecule has 0 bridgehead atoms. The molecule has 0 saturated carbocycles. The lowest BCUT2D eigenvalue weighted by Gasteiger charge is -2.39. The maximum absolute atomic E-state index is 13.3. The summed E-state index contributed by atoms with van der Waals surface area (Å²) in [5, 5.41) is 17.0. The lowest BCUT2D eigenvalue weighted by molar-refractivity contribution is -0.385. The molecule has 22 heavy (non-hydrogen) atoms. The Morgan fingerprint density at radius 3 is 2.91 bits per heavy atom. The number of carbonyl (C=O) groups excluding carboxylic acids is 1.